The number of allylic oxidation sites excluding steroid dienone is 1. The van der Waals surface area contributed by atoms with Crippen molar-refractivity contribution in [3.63, 3.8) is 0 Å². The number of carbonyl (C=O) groups is 1. The molecular weight excluding hydrogens is 152 g/mol. The van der Waals surface area contributed by atoms with Gasteiger partial charge in [0.2, 0.25) is 0 Å². The van der Waals surface area contributed by atoms with Gasteiger partial charge in [-0.05, 0) is 32.1 Å². The highest BCUT2D eigenvalue weighted by atomic mass is 16.6. The van der Waals surface area contributed by atoms with Gasteiger partial charge in [0.15, 0.2) is 0 Å². The summed E-state index contributed by atoms with van der Waals surface area (Å²) in [5, 5.41) is 0. The van der Waals surface area contributed by atoms with Gasteiger partial charge in [-0.2, -0.15) is 0 Å². The molecule has 0 radical (unpaired) electrons. The largest absolute Gasteiger partial charge is 0.459 e. The first kappa shape index (κ1) is 7.84. The van der Waals surface area contributed by atoms with E-state index < -0.39 is 0 Å². The predicted octanol–water partition coefficient (Wildman–Crippen LogP) is 2.19. The average molecular weight is 166 g/mol. The third-order valence-corrected chi connectivity index (χ3v) is 2.98. The van der Waals surface area contributed by atoms with Gasteiger partial charge >= 0.3 is 5.97 Å². The summed E-state index contributed by atoms with van der Waals surface area (Å²) in [4.78, 5) is 11.0. The number of carbonyl (C=O) groups excluding carboxylic acids is 1. The predicted molar refractivity (Wildman–Crippen MR) is 45.7 cm³/mol. The fourth-order valence-electron chi connectivity index (χ4n) is 2.08. The molecule has 1 aliphatic heterocycles. The molecule has 1 saturated carbocycles. The van der Waals surface area contributed by atoms with E-state index in [1.54, 1.807) is 0 Å². The van der Waals surface area contributed by atoms with Gasteiger partial charge in [-0.1, -0.05) is 12.2 Å². The molecule has 12 heavy (non-hydrogen) atoms. The first-order chi connectivity index (χ1) is 5.70. The maximum Gasteiger partial charge on any atom is 0.306 e. The third-order valence-electron chi connectivity index (χ3n) is 2.98. The molecule has 0 amide bonds. The van der Waals surface area contributed by atoms with E-state index >= 15 is 0 Å². The number of hydrogen-bond donors (Lipinski definition) is 0. The van der Waals surface area contributed by atoms with Gasteiger partial charge in [0, 0.05) is 6.42 Å². The number of hydrogen-bond acceptors (Lipinski definition) is 2. The quantitative estimate of drug-likeness (QED) is 0.407. The number of rotatable bonds is 0. The molecule has 0 unspecified atom stereocenters. The SMILES string of the molecule is C=C1CCC2(CC1)CCC(=O)O2. The van der Waals surface area contributed by atoms with Gasteiger partial charge in [0.05, 0.1) is 0 Å². The summed E-state index contributed by atoms with van der Waals surface area (Å²) >= 11 is 0. The highest BCUT2D eigenvalue weighted by molar-refractivity contribution is 5.72. The van der Waals surface area contributed by atoms with Crippen molar-refractivity contribution in [3.8, 4) is 0 Å². The van der Waals surface area contributed by atoms with Crippen molar-refractivity contribution in [1.29, 1.82) is 0 Å². The zero-order valence-corrected chi connectivity index (χ0v) is 7.27. The van der Waals surface area contributed by atoms with Crippen LogP contribution in [0.15, 0.2) is 12.2 Å². The maximum absolute atomic E-state index is 11.0. The molecule has 1 heterocycles. The Kier molecular flexibility index (Phi) is 1.71. The van der Waals surface area contributed by atoms with Crippen molar-refractivity contribution in [1.82, 2.24) is 0 Å². The second-order valence-corrected chi connectivity index (χ2v) is 3.91. The van der Waals surface area contributed by atoms with Crippen LogP contribution >= 0.6 is 0 Å². The molecule has 0 aromatic rings. The van der Waals surface area contributed by atoms with E-state index in [1.807, 2.05) is 0 Å². The van der Waals surface area contributed by atoms with Crippen LogP contribution in [-0.2, 0) is 9.53 Å². The first-order valence-electron chi connectivity index (χ1n) is 4.59. The molecule has 2 nitrogen and oxygen atoms in total. The second kappa shape index (κ2) is 2.61. The molecule has 0 aromatic heterocycles. The van der Waals surface area contributed by atoms with Crippen molar-refractivity contribution in [3.05, 3.63) is 12.2 Å². The van der Waals surface area contributed by atoms with Crippen molar-refractivity contribution in [2.75, 3.05) is 0 Å². The smallest absolute Gasteiger partial charge is 0.306 e. The van der Waals surface area contributed by atoms with E-state index in [-0.39, 0.29) is 11.6 Å². The van der Waals surface area contributed by atoms with Gasteiger partial charge in [-0.3, -0.25) is 4.79 Å². The van der Waals surface area contributed by atoms with Crippen molar-refractivity contribution in [2.45, 2.75) is 44.1 Å². The van der Waals surface area contributed by atoms with E-state index in [1.165, 1.54) is 5.57 Å². The fourth-order valence-corrected chi connectivity index (χ4v) is 2.08. The summed E-state index contributed by atoms with van der Waals surface area (Å²) in [6.07, 6.45) is 5.61. The normalized spacial score (nSPS) is 27.7. The highest BCUT2D eigenvalue weighted by Gasteiger charge is 2.41. The lowest BCUT2D eigenvalue weighted by molar-refractivity contribution is -0.150. The van der Waals surface area contributed by atoms with Crippen LogP contribution < -0.4 is 0 Å². The van der Waals surface area contributed by atoms with Crippen molar-refractivity contribution < 1.29 is 9.53 Å². The summed E-state index contributed by atoms with van der Waals surface area (Å²) in [6.45, 7) is 3.95. The summed E-state index contributed by atoms with van der Waals surface area (Å²) in [6, 6.07) is 0. The molecule has 1 spiro atoms. The number of esters is 1. The maximum atomic E-state index is 11.0. The van der Waals surface area contributed by atoms with Crippen molar-refractivity contribution in [2.24, 2.45) is 0 Å². The zero-order valence-electron chi connectivity index (χ0n) is 7.27. The Morgan fingerprint density at radius 3 is 2.25 bits per heavy atom. The van der Waals surface area contributed by atoms with Crippen LogP contribution in [0.1, 0.15) is 38.5 Å². The third kappa shape index (κ3) is 1.26. The van der Waals surface area contributed by atoms with Gasteiger partial charge < -0.3 is 4.74 Å². The minimum atomic E-state index is -0.0850. The Morgan fingerprint density at radius 2 is 1.75 bits per heavy atom. The second-order valence-electron chi connectivity index (χ2n) is 3.91. The average Bonchev–Trinajstić information content (AvgIpc) is 2.40. The summed E-state index contributed by atoms with van der Waals surface area (Å²) < 4.78 is 5.36. The minimum absolute atomic E-state index is 0.0116. The van der Waals surface area contributed by atoms with Gasteiger partial charge in [0.25, 0.3) is 0 Å². The topological polar surface area (TPSA) is 26.3 Å². The van der Waals surface area contributed by atoms with Gasteiger partial charge in [-0.15, -0.1) is 0 Å². The van der Waals surface area contributed by atoms with Crippen LogP contribution in [0.2, 0.25) is 0 Å². The molecule has 1 saturated heterocycles. The van der Waals surface area contributed by atoms with E-state index in [4.69, 9.17) is 4.74 Å². The van der Waals surface area contributed by atoms with Crippen LogP contribution in [0.3, 0.4) is 0 Å². The van der Waals surface area contributed by atoms with Crippen LogP contribution in [0.4, 0.5) is 0 Å². The zero-order chi connectivity index (χ0) is 8.60. The lowest BCUT2D eigenvalue weighted by Gasteiger charge is -2.32. The Labute approximate surface area is 72.6 Å². The molecule has 0 N–H and O–H groups in total. The van der Waals surface area contributed by atoms with Crippen molar-refractivity contribution >= 4 is 5.97 Å². The molecule has 0 aromatic carbocycles. The Balaban J connectivity index is 2.04. The number of ether oxygens (including phenoxy) is 1. The van der Waals surface area contributed by atoms with E-state index in [2.05, 4.69) is 6.58 Å². The summed E-state index contributed by atoms with van der Waals surface area (Å²) in [5.74, 6) is -0.0116. The van der Waals surface area contributed by atoms with E-state index in [9.17, 15) is 4.79 Å². The fraction of sp³-hybridized carbons (Fsp3) is 0.700. The van der Waals surface area contributed by atoms with Crippen LogP contribution in [0.25, 0.3) is 0 Å². The van der Waals surface area contributed by atoms with E-state index in [0.29, 0.717) is 6.42 Å². The molecule has 2 fully saturated rings. The molecule has 2 heteroatoms. The first-order valence-corrected chi connectivity index (χ1v) is 4.59. The molecule has 0 atom stereocenters. The molecule has 1 aliphatic carbocycles. The molecule has 2 aliphatic rings. The van der Waals surface area contributed by atoms with Crippen LogP contribution in [0.5, 0.6) is 0 Å². The molecule has 2 rings (SSSR count). The summed E-state index contributed by atoms with van der Waals surface area (Å²) in [7, 11) is 0. The molecular formula is C10H14O2. The highest BCUT2D eigenvalue weighted by Crippen LogP contribution is 2.40. The van der Waals surface area contributed by atoms with Crippen LogP contribution in [-0.4, -0.2) is 11.6 Å². The standard InChI is InChI=1S/C10H14O2/c1-8-2-5-10(6-3-8)7-4-9(11)12-10/h1-7H2. The lowest BCUT2D eigenvalue weighted by atomic mass is 9.81. The van der Waals surface area contributed by atoms with Crippen LogP contribution in [0, 0.1) is 0 Å². The van der Waals surface area contributed by atoms with E-state index in [0.717, 1.165) is 32.1 Å². The Bertz CT molecular complexity index is 220. The van der Waals surface area contributed by atoms with Gasteiger partial charge in [-0.25, -0.2) is 0 Å². The Hall–Kier alpha value is -0.790. The molecule has 66 valence electrons. The van der Waals surface area contributed by atoms with Gasteiger partial charge in [0.1, 0.15) is 5.60 Å². The lowest BCUT2D eigenvalue weighted by Crippen LogP contribution is -2.31. The molecule has 0 bridgehead atoms. The summed E-state index contributed by atoms with van der Waals surface area (Å²) in [5.41, 5.74) is 1.22. The monoisotopic (exact) mass is 166 g/mol. The Morgan fingerprint density at radius 1 is 1.17 bits per heavy atom. The minimum Gasteiger partial charge on any atom is -0.459 e.